The Morgan fingerprint density at radius 3 is 2.73 bits per heavy atom. The first kappa shape index (κ1) is 16.3. The normalized spacial score (nSPS) is 21.5. The van der Waals surface area contributed by atoms with Crippen LogP contribution >= 0.6 is 0 Å². The number of likely N-dealkylation sites (tertiary alicyclic amines) is 1. The molecule has 1 aromatic carbocycles. The van der Waals surface area contributed by atoms with Gasteiger partial charge in [-0.15, -0.1) is 0 Å². The second-order valence-corrected chi connectivity index (χ2v) is 6.07. The van der Waals surface area contributed by atoms with Crippen LogP contribution in [0.15, 0.2) is 18.2 Å². The van der Waals surface area contributed by atoms with Crippen molar-refractivity contribution in [2.75, 3.05) is 13.2 Å². The molecule has 0 aromatic heterocycles. The van der Waals surface area contributed by atoms with Crippen molar-refractivity contribution in [2.45, 2.75) is 39.7 Å². The highest BCUT2D eigenvalue weighted by atomic mass is 16.5. The van der Waals surface area contributed by atoms with Crippen molar-refractivity contribution >= 4 is 11.9 Å². The maximum atomic E-state index is 12.4. The van der Waals surface area contributed by atoms with Crippen LogP contribution in [0, 0.1) is 19.8 Å². The summed E-state index contributed by atoms with van der Waals surface area (Å²) in [6.07, 6.45) is 1.34. The van der Waals surface area contributed by atoms with Crippen LogP contribution < -0.4 is 4.74 Å². The van der Waals surface area contributed by atoms with E-state index in [2.05, 4.69) is 0 Å². The molecule has 1 saturated heterocycles. The number of piperidine rings is 1. The number of benzene rings is 1. The number of nitrogens with zero attached hydrogens (tertiary/aromatic N) is 1. The Bertz CT molecular complexity index is 570. The highest BCUT2D eigenvalue weighted by Gasteiger charge is 2.32. The molecule has 5 nitrogen and oxygen atoms in total. The third-order valence-electron chi connectivity index (χ3n) is 4.25. The number of ether oxygens (including phenoxy) is 1. The average molecular weight is 305 g/mol. The largest absolute Gasteiger partial charge is 0.483 e. The smallest absolute Gasteiger partial charge is 0.308 e. The maximum absolute atomic E-state index is 12.4. The van der Waals surface area contributed by atoms with Gasteiger partial charge in [-0.2, -0.15) is 0 Å². The van der Waals surface area contributed by atoms with E-state index in [4.69, 9.17) is 9.84 Å². The molecule has 0 spiro atoms. The number of aliphatic carboxylic acids is 1. The summed E-state index contributed by atoms with van der Waals surface area (Å²) in [7, 11) is 0. The molecule has 0 saturated carbocycles. The van der Waals surface area contributed by atoms with Gasteiger partial charge in [0.05, 0.1) is 5.92 Å². The van der Waals surface area contributed by atoms with Gasteiger partial charge in [0.1, 0.15) is 5.75 Å². The summed E-state index contributed by atoms with van der Waals surface area (Å²) in [5, 5.41) is 9.13. The molecule has 1 heterocycles. The fraction of sp³-hybridized carbons (Fsp3) is 0.529. The van der Waals surface area contributed by atoms with Gasteiger partial charge in [-0.1, -0.05) is 12.1 Å². The number of amides is 1. The minimum absolute atomic E-state index is 0.0546. The monoisotopic (exact) mass is 305 g/mol. The van der Waals surface area contributed by atoms with Gasteiger partial charge in [0.25, 0.3) is 5.91 Å². The zero-order chi connectivity index (χ0) is 16.3. The highest BCUT2D eigenvalue weighted by Crippen LogP contribution is 2.23. The second kappa shape index (κ2) is 6.81. The summed E-state index contributed by atoms with van der Waals surface area (Å²) in [4.78, 5) is 25.1. The minimum atomic E-state index is -0.833. The van der Waals surface area contributed by atoms with E-state index in [0.29, 0.717) is 18.6 Å². The molecular formula is C17H23NO4. The lowest BCUT2D eigenvalue weighted by atomic mass is 9.93. The van der Waals surface area contributed by atoms with Gasteiger partial charge in [0.2, 0.25) is 0 Å². The first-order chi connectivity index (χ1) is 10.4. The molecule has 5 heteroatoms. The molecule has 0 radical (unpaired) electrons. The molecular weight excluding hydrogens is 282 g/mol. The Morgan fingerprint density at radius 1 is 1.32 bits per heavy atom. The molecule has 1 N–H and O–H groups in total. The minimum Gasteiger partial charge on any atom is -0.483 e. The predicted octanol–water partition coefficient (Wildman–Crippen LogP) is 2.39. The number of rotatable bonds is 4. The maximum Gasteiger partial charge on any atom is 0.308 e. The van der Waals surface area contributed by atoms with Crippen molar-refractivity contribution in [1.29, 1.82) is 0 Å². The number of carbonyl (C=O) groups is 2. The van der Waals surface area contributed by atoms with Crippen molar-refractivity contribution in [3.05, 3.63) is 29.3 Å². The Hall–Kier alpha value is -2.04. The van der Waals surface area contributed by atoms with E-state index in [9.17, 15) is 9.59 Å². The third-order valence-corrected chi connectivity index (χ3v) is 4.25. The summed E-state index contributed by atoms with van der Waals surface area (Å²) >= 11 is 0. The first-order valence-electron chi connectivity index (χ1n) is 7.61. The van der Waals surface area contributed by atoms with Crippen molar-refractivity contribution in [1.82, 2.24) is 4.90 Å². The number of hydrogen-bond donors (Lipinski definition) is 1. The molecule has 1 amide bonds. The van der Waals surface area contributed by atoms with Crippen LogP contribution in [0.5, 0.6) is 5.75 Å². The third kappa shape index (κ3) is 3.78. The predicted molar refractivity (Wildman–Crippen MR) is 82.9 cm³/mol. The molecule has 2 atom stereocenters. The van der Waals surface area contributed by atoms with Gasteiger partial charge in [0.15, 0.2) is 6.61 Å². The molecule has 0 bridgehead atoms. The Morgan fingerprint density at radius 2 is 2.05 bits per heavy atom. The quantitative estimate of drug-likeness (QED) is 0.927. The second-order valence-electron chi connectivity index (χ2n) is 6.07. The van der Waals surface area contributed by atoms with Crippen LogP contribution in [-0.2, 0) is 9.59 Å². The van der Waals surface area contributed by atoms with Crippen LogP contribution in [0.4, 0.5) is 0 Å². The molecule has 1 aliphatic rings. The van der Waals surface area contributed by atoms with Gasteiger partial charge in [-0.3, -0.25) is 9.59 Å². The Kier molecular flexibility index (Phi) is 5.06. The van der Waals surface area contributed by atoms with E-state index in [1.54, 1.807) is 4.90 Å². The lowest BCUT2D eigenvalue weighted by molar-refractivity contribution is -0.147. The zero-order valence-electron chi connectivity index (χ0n) is 13.3. The molecule has 22 heavy (non-hydrogen) atoms. The zero-order valence-corrected chi connectivity index (χ0v) is 13.3. The Labute approximate surface area is 130 Å². The first-order valence-corrected chi connectivity index (χ1v) is 7.61. The van der Waals surface area contributed by atoms with Gasteiger partial charge in [-0.25, -0.2) is 0 Å². The lowest BCUT2D eigenvalue weighted by Gasteiger charge is -2.36. The SMILES string of the molecule is Cc1ccc(C)c(OCC(=O)N2CC(C(=O)O)CCC2C)c1. The van der Waals surface area contributed by atoms with E-state index >= 15 is 0 Å². The van der Waals surface area contributed by atoms with E-state index in [1.165, 1.54) is 0 Å². The van der Waals surface area contributed by atoms with Crippen molar-refractivity contribution < 1.29 is 19.4 Å². The number of aryl methyl sites for hydroxylation is 2. The van der Waals surface area contributed by atoms with Crippen LogP contribution in [0.25, 0.3) is 0 Å². The van der Waals surface area contributed by atoms with Crippen LogP contribution in [-0.4, -0.2) is 41.1 Å². The van der Waals surface area contributed by atoms with Crippen LogP contribution in [0.3, 0.4) is 0 Å². The van der Waals surface area contributed by atoms with Crippen molar-refractivity contribution in [2.24, 2.45) is 5.92 Å². The van der Waals surface area contributed by atoms with Crippen LogP contribution in [0.2, 0.25) is 0 Å². The molecule has 0 aliphatic carbocycles. The summed E-state index contributed by atoms with van der Waals surface area (Å²) < 4.78 is 5.64. The summed E-state index contributed by atoms with van der Waals surface area (Å²) in [6, 6.07) is 5.92. The van der Waals surface area contributed by atoms with Crippen LogP contribution in [0.1, 0.15) is 30.9 Å². The summed E-state index contributed by atoms with van der Waals surface area (Å²) in [6.45, 7) is 6.07. The highest BCUT2D eigenvalue weighted by molar-refractivity contribution is 5.79. The summed E-state index contributed by atoms with van der Waals surface area (Å²) in [5.74, 6) is -0.756. The number of hydrogen-bond acceptors (Lipinski definition) is 3. The van der Waals surface area contributed by atoms with E-state index in [1.807, 2.05) is 39.0 Å². The van der Waals surface area contributed by atoms with E-state index < -0.39 is 11.9 Å². The van der Waals surface area contributed by atoms with Gasteiger partial charge in [0, 0.05) is 12.6 Å². The molecule has 2 unspecified atom stereocenters. The standard InChI is InChI=1S/C17H23NO4/c1-11-4-5-12(2)15(8-11)22-10-16(19)18-9-14(17(20)21)7-6-13(18)3/h4-5,8,13-14H,6-7,9-10H2,1-3H3,(H,20,21). The Balaban J connectivity index is 1.98. The van der Waals surface area contributed by atoms with Crippen molar-refractivity contribution in [3.63, 3.8) is 0 Å². The average Bonchev–Trinajstić information content (AvgIpc) is 2.48. The molecule has 1 aliphatic heterocycles. The molecule has 1 aromatic rings. The van der Waals surface area contributed by atoms with Gasteiger partial charge < -0.3 is 14.7 Å². The fourth-order valence-electron chi connectivity index (χ4n) is 2.74. The van der Waals surface area contributed by atoms with E-state index in [-0.39, 0.29) is 25.1 Å². The molecule has 1 fully saturated rings. The molecule has 120 valence electrons. The molecule has 2 rings (SSSR count). The number of carboxylic acids is 1. The number of carboxylic acid groups (broad SMARTS) is 1. The lowest BCUT2D eigenvalue weighted by Crippen LogP contribution is -2.49. The fourth-order valence-corrected chi connectivity index (χ4v) is 2.74. The van der Waals surface area contributed by atoms with E-state index in [0.717, 1.165) is 11.1 Å². The van der Waals surface area contributed by atoms with Gasteiger partial charge in [-0.05, 0) is 50.8 Å². The van der Waals surface area contributed by atoms with Gasteiger partial charge >= 0.3 is 5.97 Å². The summed E-state index contributed by atoms with van der Waals surface area (Å²) in [5.41, 5.74) is 2.05. The topological polar surface area (TPSA) is 66.8 Å². The van der Waals surface area contributed by atoms with Crippen molar-refractivity contribution in [3.8, 4) is 5.75 Å². The number of carbonyl (C=O) groups excluding carboxylic acids is 1.